The minimum absolute atomic E-state index is 0.0445. The third-order valence-corrected chi connectivity index (χ3v) is 6.96. The van der Waals surface area contributed by atoms with E-state index in [0.29, 0.717) is 21.7 Å². The number of carbonyl (C=O) groups is 3. The molecule has 0 radical (unpaired) electrons. The van der Waals surface area contributed by atoms with E-state index in [1.54, 1.807) is 57.2 Å². The molecule has 0 aliphatic rings. The highest BCUT2D eigenvalue weighted by Crippen LogP contribution is 2.35. The Morgan fingerprint density at radius 2 is 1.69 bits per heavy atom. The Balaban J connectivity index is 1.66. The highest BCUT2D eigenvalue weighted by atomic mass is 35.5. The highest BCUT2D eigenvalue weighted by molar-refractivity contribution is 7.18. The summed E-state index contributed by atoms with van der Waals surface area (Å²) < 4.78 is 21.9. The van der Waals surface area contributed by atoms with E-state index in [1.165, 1.54) is 6.07 Å². The number of halogens is 1. The average Bonchev–Trinajstić information content (AvgIpc) is 3.24. The van der Waals surface area contributed by atoms with Crippen molar-refractivity contribution >= 4 is 56.8 Å². The third kappa shape index (κ3) is 5.97. The molecule has 0 unspecified atom stereocenters. The Labute approximate surface area is 232 Å². The summed E-state index contributed by atoms with van der Waals surface area (Å²) >= 11 is 6.97. The number of amides is 1. The normalized spacial score (nSPS) is 10.8. The number of thiophene rings is 1. The summed E-state index contributed by atoms with van der Waals surface area (Å²) in [4.78, 5) is 51.5. The van der Waals surface area contributed by atoms with E-state index in [-0.39, 0.29) is 45.6 Å². The molecule has 2 heterocycles. The van der Waals surface area contributed by atoms with Crippen LogP contribution in [0.5, 0.6) is 5.75 Å². The topological polar surface area (TPSA) is 121 Å². The lowest BCUT2D eigenvalue weighted by Crippen LogP contribution is -2.23. The van der Waals surface area contributed by atoms with Gasteiger partial charge in [0.05, 0.1) is 24.2 Å². The molecule has 4 rings (SSSR count). The van der Waals surface area contributed by atoms with Gasteiger partial charge in [-0.2, -0.15) is 0 Å². The summed E-state index contributed by atoms with van der Waals surface area (Å²) in [6.07, 6.45) is 0. The maximum atomic E-state index is 13.4. The van der Waals surface area contributed by atoms with Gasteiger partial charge >= 0.3 is 11.9 Å². The standard InChI is InChI=1S/C28H24ClNO8S/c1-4-35-27(33)21-15(3)25(28(34)36-5-2)39-26(21)30-20(31)14-37-24-22(32)18-13-17(29)11-12-19(18)38-23(24)16-9-7-6-8-10-16/h6-13H,4-5,14H2,1-3H3,(H,30,31). The maximum absolute atomic E-state index is 13.4. The van der Waals surface area contributed by atoms with Crippen molar-refractivity contribution in [1.29, 1.82) is 0 Å². The van der Waals surface area contributed by atoms with E-state index in [9.17, 15) is 19.2 Å². The van der Waals surface area contributed by atoms with Crippen molar-refractivity contribution in [3.8, 4) is 17.1 Å². The summed E-state index contributed by atoms with van der Waals surface area (Å²) in [5.41, 5.74) is 0.739. The Morgan fingerprint density at radius 1 is 1.00 bits per heavy atom. The Hall–Kier alpha value is -4.15. The second-order valence-electron chi connectivity index (χ2n) is 8.13. The van der Waals surface area contributed by atoms with E-state index in [4.69, 9.17) is 30.2 Å². The number of hydrogen-bond acceptors (Lipinski definition) is 9. The van der Waals surface area contributed by atoms with Crippen LogP contribution in [0.1, 0.15) is 39.4 Å². The lowest BCUT2D eigenvalue weighted by Gasteiger charge is -2.12. The molecule has 39 heavy (non-hydrogen) atoms. The van der Waals surface area contributed by atoms with Crippen molar-refractivity contribution in [3.63, 3.8) is 0 Å². The van der Waals surface area contributed by atoms with Crippen LogP contribution in [0.25, 0.3) is 22.3 Å². The quantitative estimate of drug-likeness (QED) is 0.249. The van der Waals surface area contributed by atoms with Gasteiger partial charge in [0.2, 0.25) is 11.2 Å². The fraction of sp³-hybridized carbons (Fsp3) is 0.214. The van der Waals surface area contributed by atoms with Crippen LogP contribution in [0.15, 0.2) is 57.7 Å². The van der Waals surface area contributed by atoms with Crippen LogP contribution in [0, 0.1) is 6.92 Å². The molecule has 0 aliphatic carbocycles. The zero-order valence-corrected chi connectivity index (χ0v) is 22.9. The molecule has 9 nitrogen and oxygen atoms in total. The van der Waals surface area contributed by atoms with Crippen LogP contribution in [-0.2, 0) is 14.3 Å². The second kappa shape index (κ2) is 12.1. The maximum Gasteiger partial charge on any atom is 0.348 e. The monoisotopic (exact) mass is 569 g/mol. The molecule has 202 valence electrons. The van der Waals surface area contributed by atoms with Gasteiger partial charge in [0.1, 0.15) is 15.5 Å². The van der Waals surface area contributed by atoms with Crippen LogP contribution in [0.3, 0.4) is 0 Å². The van der Waals surface area contributed by atoms with Gasteiger partial charge in [-0.05, 0) is 44.5 Å². The molecule has 0 fully saturated rings. The van der Waals surface area contributed by atoms with Gasteiger partial charge < -0.3 is 23.9 Å². The van der Waals surface area contributed by atoms with Crippen molar-refractivity contribution in [3.05, 3.63) is 79.8 Å². The van der Waals surface area contributed by atoms with Gasteiger partial charge in [-0.25, -0.2) is 9.59 Å². The van der Waals surface area contributed by atoms with Gasteiger partial charge in [-0.1, -0.05) is 41.9 Å². The van der Waals surface area contributed by atoms with Crippen molar-refractivity contribution in [2.24, 2.45) is 0 Å². The molecule has 2 aromatic carbocycles. The number of carbonyl (C=O) groups excluding carboxylic acids is 3. The summed E-state index contributed by atoms with van der Waals surface area (Å²) in [6.45, 7) is 4.52. The van der Waals surface area contributed by atoms with Gasteiger partial charge in [0, 0.05) is 10.6 Å². The van der Waals surface area contributed by atoms with Crippen molar-refractivity contribution < 1.29 is 33.0 Å². The van der Waals surface area contributed by atoms with Crippen LogP contribution in [-0.4, -0.2) is 37.7 Å². The molecule has 0 saturated carbocycles. The summed E-state index contributed by atoms with van der Waals surface area (Å²) in [5, 5.41) is 3.22. The molecule has 0 bridgehead atoms. The van der Waals surface area contributed by atoms with Gasteiger partial charge in [-0.3, -0.25) is 9.59 Å². The highest BCUT2D eigenvalue weighted by Gasteiger charge is 2.28. The number of ether oxygens (including phenoxy) is 3. The first-order chi connectivity index (χ1) is 18.7. The van der Waals surface area contributed by atoms with Crippen molar-refractivity contribution in [1.82, 2.24) is 0 Å². The van der Waals surface area contributed by atoms with Gasteiger partial charge in [0.15, 0.2) is 12.4 Å². The van der Waals surface area contributed by atoms with E-state index >= 15 is 0 Å². The zero-order chi connectivity index (χ0) is 28.1. The molecule has 0 saturated heterocycles. The molecule has 0 atom stereocenters. The van der Waals surface area contributed by atoms with Crippen LogP contribution in [0.4, 0.5) is 5.00 Å². The van der Waals surface area contributed by atoms with E-state index in [0.717, 1.165) is 11.3 Å². The van der Waals surface area contributed by atoms with Gasteiger partial charge in [-0.15, -0.1) is 11.3 Å². The number of fused-ring (bicyclic) bond motifs is 1. The Bertz CT molecular complexity index is 1610. The van der Waals surface area contributed by atoms with Crippen LogP contribution in [0.2, 0.25) is 5.02 Å². The predicted molar refractivity (Wildman–Crippen MR) is 148 cm³/mol. The van der Waals surface area contributed by atoms with Crippen molar-refractivity contribution in [2.45, 2.75) is 20.8 Å². The minimum Gasteiger partial charge on any atom is -0.476 e. The second-order valence-corrected chi connectivity index (χ2v) is 9.59. The van der Waals surface area contributed by atoms with E-state index in [2.05, 4.69) is 5.32 Å². The SMILES string of the molecule is CCOC(=O)c1sc(NC(=O)COc2c(-c3ccccc3)oc3ccc(Cl)cc3c2=O)c(C(=O)OCC)c1C. The Kier molecular flexibility index (Phi) is 8.68. The smallest absolute Gasteiger partial charge is 0.348 e. The molecular formula is C28H24ClNO8S. The number of anilines is 1. The lowest BCUT2D eigenvalue weighted by molar-refractivity contribution is -0.118. The average molecular weight is 570 g/mol. The molecule has 1 N–H and O–H groups in total. The number of nitrogens with one attached hydrogen (secondary N) is 1. The molecule has 11 heteroatoms. The molecular weight excluding hydrogens is 546 g/mol. The molecule has 2 aromatic heterocycles. The lowest BCUT2D eigenvalue weighted by atomic mass is 10.1. The number of rotatable bonds is 9. The number of benzene rings is 2. The summed E-state index contributed by atoms with van der Waals surface area (Å²) in [6, 6.07) is 13.5. The Morgan fingerprint density at radius 3 is 2.38 bits per heavy atom. The van der Waals surface area contributed by atoms with E-state index in [1.807, 2.05) is 6.07 Å². The predicted octanol–water partition coefficient (Wildman–Crippen LogP) is 5.85. The largest absolute Gasteiger partial charge is 0.476 e. The first-order valence-electron chi connectivity index (χ1n) is 12.0. The van der Waals surface area contributed by atoms with Crippen LogP contribution < -0.4 is 15.5 Å². The van der Waals surface area contributed by atoms with Crippen molar-refractivity contribution in [2.75, 3.05) is 25.1 Å². The third-order valence-electron chi connectivity index (χ3n) is 5.53. The summed E-state index contributed by atoms with van der Waals surface area (Å²) in [5.74, 6) is -2.03. The minimum atomic E-state index is -0.698. The van der Waals surface area contributed by atoms with Crippen LogP contribution >= 0.6 is 22.9 Å². The molecule has 0 spiro atoms. The number of hydrogen-bond donors (Lipinski definition) is 1. The molecule has 1 amide bonds. The first-order valence-corrected chi connectivity index (χ1v) is 13.2. The summed E-state index contributed by atoms with van der Waals surface area (Å²) in [7, 11) is 0. The molecule has 0 aliphatic heterocycles. The zero-order valence-electron chi connectivity index (χ0n) is 21.3. The number of esters is 2. The van der Waals surface area contributed by atoms with Gasteiger partial charge in [0.25, 0.3) is 5.91 Å². The van der Waals surface area contributed by atoms with E-state index < -0.39 is 29.9 Å². The first kappa shape index (κ1) is 27.9. The fourth-order valence-corrected chi connectivity index (χ4v) is 5.08. The fourth-order valence-electron chi connectivity index (χ4n) is 3.80. The molecule has 4 aromatic rings.